The fraction of sp³-hybridized carbons (Fsp3) is 0.143. The van der Waals surface area contributed by atoms with E-state index < -0.39 is 10.0 Å². The van der Waals surface area contributed by atoms with E-state index in [9.17, 15) is 8.42 Å². The van der Waals surface area contributed by atoms with Crippen LogP contribution in [0.15, 0.2) is 47.4 Å². The van der Waals surface area contributed by atoms with Crippen LogP contribution in [0.4, 0.5) is 0 Å². The molecule has 0 saturated heterocycles. The normalized spacial score (nSPS) is 11.6. The second kappa shape index (κ2) is 6.77. The molecule has 0 fully saturated rings. The zero-order chi connectivity index (χ0) is 15.5. The summed E-state index contributed by atoms with van der Waals surface area (Å²) < 4.78 is 27.1. The van der Waals surface area contributed by atoms with Gasteiger partial charge in [-0.25, -0.2) is 13.1 Å². The molecular formula is C14H14Cl2N2O2S. The highest BCUT2D eigenvalue weighted by atomic mass is 35.5. The summed E-state index contributed by atoms with van der Waals surface area (Å²) in [6, 6.07) is 11.8. The van der Waals surface area contributed by atoms with Crippen molar-refractivity contribution in [3.05, 3.63) is 63.6 Å². The van der Waals surface area contributed by atoms with Crippen molar-refractivity contribution in [2.45, 2.75) is 18.0 Å². The summed E-state index contributed by atoms with van der Waals surface area (Å²) in [5.74, 6) is 0. The van der Waals surface area contributed by atoms with Gasteiger partial charge < -0.3 is 5.73 Å². The van der Waals surface area contributed by atoms with Crippen molar-refractivity contribution in [3.8, 4) is 0 Å². The van der Waals surface area contributed by atoms with Crippen LogP contribution in [0.25, 0.3) is 0 Å². The number of nitrogens with two attached hydrogens (primary N) is 1. The van der Waals surface area contributed by atoms with Crippen LogP contribution < -0.4 is 10.5 Å². The molecule has 112 valence electrons. The third-order valence-corrected chi connectivity index (χ3v) is 5.37. The van der Waals surface area contributed by atoms with Crippen molar-refractivity contribution in [1.29, 1.82) is 0 Å². The van der Waals surface area contributed by atoms with E-state index in [1.807, 2.05) is 24.3 Å². The summed E-state index contributed by atoms with van der Waals surface area (Å²) in [6.45, 7) is 0.481. The highest BCUT2D eigenvalue weighted by molar-refractivity contribution is 7.89. The molecule has 0 unspecified atom stereocenters. The molecule has 0 spiro atoms. The van der Waals surface area contributed by atoms with Crippen LogP contribution in [-0.2, 0) is 23.1 Å². The quantitative estimate of drug-likeness (QED) is 0.875. The lowest BCUT2D eigenvalue weighted by atomic mass is 10.1. The maximum Gasteiger partial charge on any atom is 0.242 e. The summed E-state index contributed by atoms with van der Waals surface area (Å²) in [6.07, 6.45) is 0. The molecule has 2 aromatic carbocycles. The minimum absolute atomic E-state index is 0.0128. The SMILES string of the molecule is NCc1ccccc1CNS(=O)(=O)c1cccc(Cl)c1Cl. The summed E-state index contributed by atoms with van der Waals surface area (Å²) >= 11 is 11.8. The highest BCUT2D eigenvalue weighted by Gasteiger charge is 2.19. The maximum absolute atomic E-state index is 12.3. The van der Waals surface area contributed by atoms with Gasteiger partial charge in [-0.2, -0.15) is 0 Å². The molecule has 0 aliphatic carbocycles. The van der Waals surface area contributed by atoms with Gasteiger partial charge in [-0.3, -0.25) is 0 Å². The topological polar surface area (TPSA) is 72.2 Å². The Bertz CT molecular complexity index is 748. The molecular weight excluding hydrogens is 331 g/mol. The third kappa shape index (κ3) is 3.75. The van der Waals surface area contributed by atoms with Gasteiger partial charge >= 0.3 is 0 Å². The lowest BCUT2D eigenvalue weighted by Crippen LogP contribution is -2.24. The fourth-order valence-electron chi connectivity index (χ4n) is 1.87. The summed E-state index contributed by atoms with van der Waals surface area (Å²) in [4.78, 5) is -0.0399. The molecule has 0 atom stereocenters. The van der Waals surface area contributed by atoms with Gasteiger partial charge in [0.15, 0.2) is 0 Å². The highest BCUT2D eigenvalue weighted by Crippen LogP contribution is 2.28. The predicted molar refractivity (Wildman–Crippen MR) is 84.8 cm³/mol. The van der Waals surface area contributed by atoms with Crippen LogP contribution in [-0.4, -0.2) is 8.42 Å². The molecule has 2 rings (SSSR count). The standard InChI is InChI=1S/C14H14Cl2N2O2S/c15-12-6-3-7-13(14(12)16)21(19,20)18-9-11-5-2-1-4-10(11)8-17/h1-7,18H,8-9,17H2. The Morgan fingerprint density at radius 2 is 1.67 bits per heavy atom. The molecule has 0 aliphatic heterocycles. The van der Waals surface area contributed by atoms with E-state index in [0.717, 1.165) is 11.1 Å². The molecule has 0 aliphatic rings. The van der Waals surface area contributed by atoms with Gasteiger partial charge in [0.25, 0.3) is 0 Å². The van der Waals surface area contributed by atoms with E-state index in [-0.39, 0.29) is 21.5 Å². The Hall–Kier alpha value is -1.11. The molecule has 3 N–H and O–H groups in total. The van der Waals surface area contributed by atoms with E-state index in [4.69, 9.17) is 28.9 Å². The summed E-state index contributed by atoms with van der Waals surface area (Å²) in [5.41, 5.74) is 7.34. The van der Waals surface area contributed by atoms with E-state index in [1.54, 1.807) is 0 Å². The second-order valence-electron chi connectivity index (χ2n) is 4.35. The first kappa shape index (κ1) is 16.3. The van der Waals surface area contributed by atoms with Crippen molar-refractivity contribution in [2.75, 3.05) is 0 Å². The van der Waals surface area contributed by atoms with Crippen molar-refractivity contribution in [2.24, 2.45) is 5.73 Å². The van der Waals surface area contributed by atoms with Crippen molar-refractivity contribution in [3.63, 3.8) is 0 Å². The van der Waals surface area contributed by atoms with Crippen LogP contribution in [0, 0.1) is 0 Å². The minimum Gasteiger partial charge on any atom is -0.326 e. The summed E-state index contributed by atoms with van der Waals surface area (Å²) in [5, 5.41) is 0.209. The monoisotopic (exact) mass is 344 g/mol. The van der Waals surface area contributed by atoms with Crippen molar-refractivity contribution < 1.29 is 8.42 Å². The zero-order valence-electron chi connectivity index (χ0n) is 11.0. The molecule has 4 nitrogen and oxygen atoms in total. The molecule has 0 amide bonds. The van der Waals surface area contributed by atoms with Crippen LogP contribution in [0.1, 0.15) is 11.1 Å². The van der Waals surface area contributed by atoms with Gasteiger partial charge in [-0.1, -0.05) is 53.5 Å². The lowest BCUT2D eigenvalue weighted by molar-refractivity contribution is 0.581. The van der Waals surface area contributed by atoms with Crippen LogP contribution >= 0.6 is 23.2 Å². The molecule has 7 heteroatoms. The molecule has 21 heavy (non-hydrogen) atoms. The van der Waals surface area contributed by atoms with Crippen LogP contribution in [0.5, 0.6) is 0 Å². The average molecular weight is 345 g/mol. The Balaban J connectivity index is 2.24. The Labute approximate surface area is 133 Å². The van der Waals surface area contributed by atoms with Gasteiger partial charge in [0.1, 0.15) is 4.90 Å². The Morgan fingerprint density at radius 3 is 2.33 bits per heavy atom. The molecule has 0 heterocycles. The maximum atomic E-state index is 12.3. The summed E-state index contributed by atoms with van der Waals surface area (Å²) in [7, 11) is -3.74. The first-order valence-corrected chi connectivity index (χ1v) is 8.40. The molecule has 2 aromatic rings. The predicted octanol–water partition coefficient (Wildman–Crippen LogP) is 2.93. The number of nitrogens with one attached hydrogen (secondary N) is 1. The van der Waals surface area contributed by atoms with Crippen molar-refractivity contribution in [1.82, 2.24) is 4.72 Å². The zero-order valence-corrected chi connectivity index (χ0v) is 13.3. The molecule has 0 saturated carbocycles. The molecule has 0 bridgehead atoms. The van der Waals surface area contributed by atoms with Gasteiger partial charge in [-0.05, 0) is 23.3 Å². The van der Waals surface area contributed by atoms with E-state index in [1.165, 1.54) is 18.2 Å². The number of sulfonamides is 1. The van der Waals surface area contributed by atoms with Gasteiger partial charge in [0.05, 0.1) is 10.0 Å². The number of benzene rings is 2. The first-order chi connectivity index (χ1) is 9.95. The lowest BCUT2D eigenvalue weighted by Gasteiger charge is -2.11. The Kier molecular flexibility index (Phi) is 5.24. The van der Waals surface area contributed by atoms with Crippen LogP contribution in [0.2, 0.25) is 10.0 Å². The van der Waals surface area contributed by atoms with E-state index >= 15 is 0 Å². The van der Waals surface area contributed by atoms with Crippen LogP contribution in [0.3, 0.4) is 0 Å². The average Bonchev–Trinajstić information content (AvgIpc) is 2.48. The number of halogens is 2. The van der Waals surface area contributed by atoms with Gasteiger partial charge in [0, 0.05) is 13.1 Å². The van der Waals surface area contributed by atoms with Gasteiger partial charge in [0.2, 0.25) is 10.0 Å². The second-order valence-corrected chi connectivity index (χ2v) is 6.87. The number of hydrogen-bond donors (Lipinski definition) is 2. The Morgan fingerprint density at radius 1 is 1.00 bits per heavy atom. The van der Waals surface area contributed by atoms with E-state index in [0.29, 0.717) is 6.54 Å². The largest absolute Gasteiger partial charge is 0.326 e. The third-order valence-electron chi connectivity index (χ3n) is 3.00. The van der Waals surface area contributed by atoms with Gasteiger partial charge in [-0.15, -0.1) is 0 Å². The molecule has 0 radical (unpaired) electrons. The minimum atomic E-state index is -3.74. The first-order valence-electron chi connectivity index (χ1n) is 6.16. The van der Waals surface area contributed by atoms with E-state index in [2.05, 4.69) is 4.72 Å². The molecule has 0 aromatic heterocycles. The fourth-order valence-corrected chi connectivity index (χ4v) is 3.64. The smallest absolute Gasteiger partial charge is 0.242 e. The van der Waals surface area contributed by atoms with Crippen molar-refractivity contribution >= 4 is 33.2 Å². The number of rotatable bonds is 5. The number of hydrogen-bond acceptors (Lipinski definition) is 3.